The number of nitrogens with zero attached hydrogens (tertiary/aromatic N) is 3. The number of ketones is 1. The first-order valence-corrected chi connectivity index (χ1v) is 11.5. The summed E-state index contributed by atoms with van der Waals surface area (Å²) in [5.41, 5.74) is 1.11. The average Bonchev–Trinajstić information content (AvgIpc) is 3.44. The summed E-state index contributed by atoms with van der Waals surface area (Å²) in [4.78, 5) is 58.6. The Hall–Kier alpha value is -3.75. The van der Waals surface area contributed by atoms with Gasteiger partial charge in [-0.05, 0) is 30.5 Å². The predicted molar refractivity (Wildman–Crippen MR) is 123 cm³/mol. The lowest BCUT2D eigenvalue weighted by Crippen LogP contribution is -2.52. The molecule has 0 radical (unpaired) electrons. The molecule has 3 atom stereocenters. The molecule has 3 unspecified atom stereocenters. The third kappa shape index (κ3) is 4.93. The van der Waals surface area contributed by atoms with Crippen LogP contribution in [0.25, 0.3) is 0 Å². The number of hydrogen-bond donors (Lipinski definition) is 1. The van der Waals surface area contributed by atoms with Gasteiger partial charge in [-0.1, -0.05) is 49.7 Å². The van der Waals surface area contributed by atoms with Gasteiger partial charge in [-0.25, -0.2) is 4.79 Å². The smallest absolute Gasteiger partial charge is 0.408 e. The molecule has 1 aromatic carbocycles. The minimum atomic E-state index is -0.805. The Morgan fingerprint density at radius 3 is 2.59 bits per heavy atom. The van der Waals surface area contributed by atoms with Gasteiger partial charge in [0.15, 0.2) is 5.78 Å². The number of pyridine rings is 1. The zero-order valence-corrected chi connectivity index (χ0v) is 19.1. The Morgan fingerprint density at radius 1 is 1.12 bits per heavy atom. The molecule has 0 aliphatic carbocycles. The Labute approximate surface area is 198 Å². The second-order valence-electron chi connectivity index (χ2n) is 8.49. The van der Waals surface area contributed by atoms with E-state index in [1.165, 1.54) is 16.0 Å². The fourth-order valence-electron chi connectivity index (χ4n) is 4.63. The summed E-state index contributed by atoms with van der Waals surface area (Å²) < 4.78 is 5.28. The van der Waals surface area contributed by atoms with Crippen LogP contribution in [-0.4, -0.2) is 69.7 Å². The fraction of sp³-hybridized carbons (Fsp3) is 0.400. The Kier molecular flexibility index (Phi) is 7.20. The molecule has 1 aromatic heterocycles. The van der Waals surface area contributed by atoms with Gasteiger partial charge in [0.05, 0.1) is 12.6 Å². The SMILES string of the molecule is CCCC(NC(=O)OCc1ccccc1)C(=O)N1CCC2C1C(=O)CN2C(=O)c1ccccn1. The summed E-state index contributed by atoms with van der Waals surface area (Å²) in [5.74, 6) is -0.822. The van der Waals surface area contributed by atoms with Gasteiger partial charge in [0.2, 0.25) is 5.91 Å². The highest BCUT2D eigenvalue weighted by molar-refractivity contribution is 6.02. The molecule has 9 heteroatoms. The number of hydrogen-bond acceptors (Lipinski definition) is 6. The molecule has 0 saturated carbocycles. The molecule has 178 valence electrons. The molecule has 3 heterocycles. The quantitative estimate of drug-likeness (QED) is 0.673. The second kappa shape index (κ2) is 10.5. The molecule has 9 nitrogen and oxygen atoms in total. The Bertz CT molecular complexity index is 1050. The summed E-state index contributed by atoms with van der Waals surface area (Å²) >= 11 is 0. The van der Waals surface area contributed by atoms with E-state index in [0.717, 1.165) is 5.56 Å². The van der Waals surface area contributed by atoms with Crippen LogP contribution in [0.3, 0.4) is 0 Å². The number of likely N-dealkylation sites (tertiary alicyclic amines) is 2. The number of amides is 3. The third-order valence-electron chi connectivity index (χ3n) is 6.23. The van der Waals surface area contributed by atoms with Crippen molar-refractivity contribution in [2.24, 2.45) is 0 Å². The number of benzene rings is 1. The Morgan fingerprint density at radius 2 is 1.88 bits per heavy atom. The summed E-state index contributed by atoms with van der Waals surface area (Å²) in [6, 6.07) is 12.4. The van der Waals surface area contributed by atoms with Gasteiger partial charge in [-0.15, -0.1) is 0 Å². The van der Waals surface area contributed by atoms with Crippen LogP contribution >= 0.6 is 0 Å². The molecular formula is C25H28N4O5. The summed E-state index contributed by atoms with van der Waals surface area (Å²) in [6.07, 6.45) is 2.42. The van der Waals surface area contributed by atoms with Gasteiger partial charge in [-0.2, -0.15) is 0 Å². The molecule has 2 aromatic rings. The van der Waals surface area contributed by atoms with Crippen molar-refractivity contribution in [1.82, 2.24) is 20.1 Å². The first kappa shape index (κ1) is 23.4. The molecule has 34 heavy (non-hydrogen) atoms. The molecule has 0 spiro atoms. The van der Waals surface area contributed by atoms with Gasteiger partial charge in [0.1, 0.15) is 24.4 Å². The van der Waals surface area contributed by atoms with Crippen molar-refractivity contribution in [3.63, 3.8) is 0 Å². The zero-order valence-electron chi connectivity index (χ0n) is 19.1. The van der Waals surface area contributed by atoms with Gasteiger partial charge >= 0.3 is 6.09 Å². The Balaban J connectivity index is 1.41. The molecule has 1 N–H and O–H groups in total. The maximum absolute atomic E-state index is 13.4. The lowest BCUT2D eigenvalue weighted by Gasteiger charge is -2.28. The van der Waals surface area contributed by atoms with E-state index in [9.17, 15) is 19.2 Å². The number of alkyl carbamates (subject to hydrolysis) is 1. The predicted octanol–water partition coefficient (Wildman–Crippen LogP) is 2.17. The number of carbonyl (C=O) groups is 4. The maximum Gasteiger partial charge on any atom is 0.408 e. The zero-order chi connectivity index (χ0) is 24.1. The summed E-state index contributed by atoms with van der Waals surface area (Å²) in [5, 5.41) is 2.67. The second-order valence-corrected chi connectivity index (χ2v) is 8.49. The van der Waals surface area contributed by atoms with Crippen molar-refractivity contribution >= 4 is 23.7 Å². The molecule has 2 fully saturated rings. The monoisotopic (exact) mass is 464 g/mol. The van der Waals surface area contributed by atoms with Gasteiger partial charge < -0.3 is 19.9 Å². The van der Waals surface area contributed by atoms with Crippen LogP contribution in [0.4, 0.5) is 4.79 Å². The van der Waals surface area contributed by atoms with Crippen LogP contribution in [-0.2, 0) is 20.9 Å². The highest BCUT2D eigenvalue weighted by Gasteiger charge is 2.52. The molecule has 3 amide bonds. The van der Waals surface area contributed by atoms with Crippen molar-refractivity contribution in [3.8, 4) is 0 Å². The van der Waals surface area contributed by atoms with Gasteiger partial charge in [0, 0.05) is 12.7 Å². The molecule has 2 aliphatic rings. The highest BCUT2D eigenvalue weighted by atomic mass is 16.5. The number of rotatable bonds is 7. The topological polar surface area (TPSA) is 109 Å². The van der Waals surface area contributed by atoms with E-state index in [-0.39, 0.29) is 36.4 Å². The minimum absolute atomic E-state index is 0.0560. The number of carbonyl (C=O) groups excluding carboxylic acids is 4. The molecular weight excluding hydrogens is 436 g/mol. The lowest BCUT2D eigenvalue weighted by atomic mass is 10.1. The number of ether oxygens (including phenoxy) is 1. The van der Waals surface area contributed by atoms with E-state index in [0.29, 0.717) is 25.8 Å². The highest BCUT2D eigenvalue weighted by Crippen LogP contribution is 2.31. The van der Waals surface area contributed by atoms with E-state index in [2.05, 4.69) is 10.3 Å². The largest absolute Gasteiger partial charge is 0.445 e. The van der Waals surface area contributed by atoms with Crippen LogP contribution in [0.1, 0.15) is 42.2 Å². The normalized spacial score (nSPS) is 20.1. The van der Waals surface area contributed by atoms with Gasteiger partial charge in [-0.3, -0.25) is 19.4 Å². The van der Waals surface area contributed by atoms with Crippen LogP contribution < -0.4 is 5.32 Å². The summed E-state index contributed by atoms with van der Waals surface area (Å²) in [6.45, 7) is 2.29. The maximum atomic E-state index is 13.4. The molecule has 2 saturated heterocycles. The van der Waals surface area contributed by atoms with E-state index in [1.807, 2.05) is 37.3 Å². The number of Topliss-reactive ketones (excluding diaryl/α,β-unsaturated/α-hetero) is 1. The number of fused-ring (bicyclic) bond motifs is 1. The van der Waals surface area contributed by atoms with Crippen molar-refractivity contribution in [2.75, 3.05) is 13.1 Å². The van der Waals surface area contributed by atoms with Crippen LogP contribution in [0.15, 0.2) is 54.7 Å². The van der Waals surface area contributed by atoms with Crippen molar-refractivity contribution in [2.45, 2.75) is 50.9 Å². The standard InChI is InChI=1S/C25H28N4O5/c1-2-8-19(27-25(33)34-16-17-9-4-3-5-10-17)24(32)28-14-12-20-22(28)21(30)15-29(20)23(31)18-11-6-7-13-26-18/h3-7,9-11,13,19-20,22H,2,8,12,14-16H2,1H3,(H,27,33). The first-order chi connectivity index (χ1) is 16.5. The first-order valence-electron chi connectivity index (χ1n) is 11.5. The average molecular weight is 465 g/mol. The van der Waals surface area contributed by atoms with E-state index >= 15 is 0 Å². The minimum Gasteiger partial charge on any atom is -0.445 e. The third-order valence-corrected chi connectivity index (χ3v) is 6.23. The van der Waals surface area contributed by atoms with Crippen molar-refractivity contribution < 1.29 is 23.9 Å². The molecule has 4 rings (SSSR count). The van der Waals surface area contributed by atoms with Crippen LogP contribution in [0.5, 0.6) is 0 Å². The molecule has 0 bridgehead atoms. The number of nitrogens with one attached hydrogen (secondary N) is 1. The van der Waals surface area contributed by atoms with E-state index in [1.54, 1.807) is 18.2 Å². The van der Waals surface area contributed by atoms with Gasteiger partial charge in [0.25, 0.3) is 5.91 Å². The lowest BCUT2D eigenvalue weighted by molar-refractivity contribution is -0.138. The van der Waals surface area contributed by atoms with Crippen molar-refractivity contribution in [1.29, 1.82) is 0 Å². The van der Waals surface area contributed by atoms with E-state index in [4.69, 9.17) is 4.74 Å². The fourth-order valence-corrected chi connectivity index (χ4v) is 4.63. The number of aromatic nitrogens is 1. The van der Waals surface area contributed by atoms with Crippen LogP contribution in [0.2, 0.25) is 0 Å². The molecule has 2 aliphatic heterocycles. The van der Waals surface area contributed by atoms with E-state index < -0.39 is 24.2 Å². The summed E-state index contributed by atoms with van der Waals surface area (Å²) in [7, 11) is 0. The van der Waals surface area contributed by atoms with Crippen molar-refractivity contribution in [3.05, 3.63) is 66.0 Å². The van der Waals surface area contributed by atoms with Crippen LogP contribution in [0, 0.1) is 0 Å².